The van der Waals surface area contributed by atoms with Crippen LogP contribution >= 0.6 is 63.7 Å². The first-order valence-electron chi connectivity index (χ1n) is 25.3. The normalized spacial score (nSPS) is 21.0. The van der Waals surface area contributed by atoms with Gasteiger partial charge in [0, 0.05) is 171 Å². The molecule has 0 radical (unpaired) electrons. The Labute approximate surface area is 668 Å². The van der Waals surface area contributed by atoms with Crippen LogP contribution in [0.15, 0.2) is 113 Å². The van der Waals surface area contributed by atoms with E-state index in [1.165, 1.54) is 32.9 Å². The van der Waals surface area contributed by atoms with E-state index in [4.69, 9.17) is 52.7 Å². The van der Waals surface area contributed by atoms with Gasteiger partial charge in [-0.25, -0.2) is 23.9 Å². The van der Waals surface area contributed by atoms with E-state index in [9.17, 15) is 37.7 Å². The minimum atomic E-state index is -4.29. The van der Waals surface area contributed by atoms with Gasteiger partial charge < -0.3 is 62.6 Å². The largest absolute Gasteiger partial charge is 0.515 e. The number of amides is 4. The molecule has 496 valence electrons. The number of nitro groups is 1. The summed E-state index contributed by atoms with van der Waals surface area (Å²) in [7, 11) is -4.29. The van der Waals surface area contributed by atoms with E-state index in [0.29, 0.717) is 76.6 Å². The van der Waals surface area contributed by atoms with Crippen LogP contribution in [-0.4, -0.2) is 153 Å². The topological polar surface area (TPSA) is 341 Å². The van der Waals surface area contributed by atoms with Gasteiger partial charge in [0.05, 0.1) is 36.9 Å². The van der Waals surface area contributed by atoms with Crippen molar-refractivity contribution in [2.75, 3.05) is 65.8 Å². The molecule has 4 fully saturated rings. The predicted octanol–water partition coefficient (Wildman–Crippen LogP) is 10.8. The number of ether oxygens (including phenoxy) is 8. The van der Waals surface area contributed by atoms with Gasteiger partial charge in [0.1, 0.15) is 74.4 Å². The number of halogens is 4. The molecule has 0 saturated carbocycles. The molecule has 29 nitrogen and oxygen atoms in total. The average molecular weight is 2470 g/mol. The number of carbonyl (C=O) groups is 4. The van der Waals surface area contributed by atoms with E-state index in [2.05, 4.69) is 108 Å². The van der Waals surface area contributed by atoms with Crippen molar-refractivity contribution in [1.29, 1.82) is 0 Å². The molecular formula is C56H55Br4N11O18SU4-4. The summed E-state index contributed by atoms with van der Waals surface area (Å²) < 4.78 is 78.0. The van der Waals surface area contributed by atoms with Crippen LogP contribution < -0.4 is 38.5 Å². The second kappa shape index (κ2) is 36.9. The Bertz CT molecular complexity index is 3840. The Hall–Kier alpha value is -3.77. The van der Waals surface area contributed by atoms with Crippen molar-refractivity contribution in [3.63, 3.8) is 0 Å². The van der Waals surface area contributed by atoms with Crippen molar-refractivity contribution < 1.29 is 204 Å². The molecule has 14 rings (SSSR count). The number of nitro benzene ring substituents is 1. The summed E-state index contributed by atoms with van der Waals surface area (Å²) in [4.78, 5) is 66.7. The monoisotopic (exact) mass is 2470 g/mol. The minimum Gasteiger partial charge on any atom is -0.515 e. The zero-order valence-electron chi connectivity index (χ0n) is 45.6. The number of nitrogens with zero attached hydrogens (tertiary/aromatic N) is 11. The van der Waals surface area contributed by atoms with Crippen LogP contribution in [0.5, 0.6) is 23.0 Å². The molecule has 94 heavy (non-hydrogen) atoms. The molecule has 1 aromatic heterocycles. The van der Waals surface area contributed by atoms with Crippen LogP contribution in [0.4, 0.5) is 47.6 Å². The number of anilines is 4. The Morgan fingerprint density at radius 2 is 1.01 bits per heavy atom. The predicted molar refractivity (Wildman–Crippen MR) is 334 cm³/mol. The number of hydrogen-bond acceptors (Lipinski definition) is 21. The van der Waals surface area contributed by atoms with E-state index >= 15 is 0 Å². The Morgan fingerprint density at radius 3 is 1.40 bits per heavy atom. The fourth-order valence-electron chi connectivity index (χ4n) is 10.0. The van der Waals surface area contributed by atoms with E-state index in [-0.39, 0.29) is 215 Å². The number of aliphatic hydroxyl groups excluding tert-OH is 1. The van der Waals surface area contributed by atoms with Gasteiger partial charge in [-0.15, -0.1) is 53.6 Å². The second-order valence-corrected chi connectivity index (χ2v) is 24.1. The molecule has 4 saturated heterocycles. The molecule has 5 aromatic carbocycles. The molecule has 4 amide bonds. The third-order valence-electron chi connectivity index (χ3n) is 14.0. The fourth-order valence-corrected chi connectivity index (χ4v) is 12.3. The summed E-state index contributed by atoms with van der Waals surface area (Å²) in [5, 5.41) is 31.1. The Balaban J connectivity index is 0.000000323. The molecule has 0 spiro atoms. The molecule has 8 aliphatic rings. The molecule has 0 aliphatic carbocycles. The van der Waals surface area contributed by atoms with Gasteiger partial charge in [-0.05, 0) is 34.3 Å². The smallest absolute Gasteiger partial charge is 0.404 e. The van der Waals surface area contributed by atoms with Crippen molar-refractivity contribution in [3.8, 4) is 23.0 Å². The van der Waals surface area contributed by atoms with Crippen LogP contribution in [0.3, 0.4) is 0 Å². The summed E-state index contributed by atoms with van der Waals surface area (Å²) in [6, 6.07) is 28.6. The molecule has 0 bridgehead atoms. The summed E-state index contributed by atoms with van der Waals surface area (Å²) in [6.07, 6.45) is -0.852. The van der Waals surface area contributed by atoms with Crippen molar-refractivity contribution in [1.82, 2.24) is 15.0 Å². The number of fused-ring (bicyclic) bond motifs is 12. The molecular weight excluding hydrogens is 2420 g/mol. The molecule has 8 atom stereocenters. The van der Waals surface area contributed by atoms with Gasteiger partial charge in [0.25, 0.3) is 15.8 Å². The fraction of sp³-hybridized carbons (Fsp3) is 0.357. The van der Waals surface area contributed by atoms with E-state index in [1.807, 2.05) is 0 Å². The van der Waals surface area contributed by atoms with Gasteiger partial charge in [-0.2, -0.15) is 32.7 Å². The zero-order chi connectivity index (χ0) is 60.6. The number of rotatable bonds is 10. The third kappa shape index (κ3) is 18.4. The first kappa shape index (κ1) is 84.5. The van der Waals surface area contributed by atoms with Gasteiger partial charge in [0.15, 0.2) is 6.10 Å². The molecule has 8 aliphatic heterocycles. The summed E-state index contributed by atoms with van der Waals surface area (Å²) in [5.41, 5.74) is 10.3. The first-order valence-corrected chi connectivity index (χ1v) is 29.9. The number of carbonyl (C=O) groups excluding carboxylic acids is 4. The van der Waals surface area contributed by atoms with Crippen molar-refractivity contribution in [2.45, 2.75) is 89.7 Å². The minimum absolute atomic E-state index is 0. The Morgan fingerprint density at radius 1 is 0.628 bits per heavy atom. The summed E-state index contributed by atoms with van der Waals surface area (Å²) in [6.45, 7) is 0.979. The summed E-state index contributed by atoms with van der Waals surface area (Å²) >= 11 is 13.2. The first-order chi connectivity index (χ1) is 41.4. The van der Waals surface area contributed by atoms with E-state index < -0.39 is 64.3 Å². The number of aromatic nitrogens is 3. The van der Waals surface area contributed by atoms with Crippen LogP contribution in [0.25, 0.3) is 10.4 Å². The van der Waals surface area contributed by atoms with Crippen molar-refractivity contribution >= 4 is 127 Å². The maximum absolute atomic E-state index is 12.4. The number of cyclic esters (lactones) is 4. The second-order valence-electron chi connectivity index (χ2n) is 19.0. The van der Waals surface area contributed by atoms with E-state index in [0.717, 1.165) is 19.5 Å². The molecule has 1 N–H and O–H groups in total. The van der Waals surface area contributed by atoms with Gasteiger partial charge >= 0.3 is 24.4 Å². The Kier molecular flexibility index (Phi) is 33.1. The molecule has 0 unspecified atom stereocenters. The van der Waals surface area contributed by atoms with Crippen molar-refractivity contribution in [3.05, 3.63) is 148 Å². The van der Waals surface area contributed by atoms with Crippen LogP contribution in [0, 0.1) is 159 Å². The quantitative estimate of drug-likeness (QED) is 0.0195. The molecule has 9 heterocycles. The van der Waals surface area contributed by atoms with E-state index in [1.54, 1.807) is 70.5 Å². The van der Waals surface area contributed by atoms with Crippen molar-refractivity contribution in [2.24, 2.45) is 5.11 Å². The molecule has 6 aromatic rings. The zero-order valence-corrected chi connectivity index (χ0v) is 69.4. The van der Waals surface area contributed by atoms with Crippen LogP contribution in [0.2, 0.25) is 0 Å². The molecule has 38 heteroatoms. The van der Waals surface area contributed by atoms with Gasteiger partial charge in [-0.1, -0.05) is 128 Å². The number of hydrogen-bond donors (Lipinski definition) is 1. The summed E-state index contributed by atoms with van der Waals surface area (Å²) in [5.74, 6) is 2.33. The maximum atomic E-state index is 12.4. The number of benzene rings is 5. The number of azide groups is 1. The van der Waals surface area contributed by atoms with Gasteiger partial charge in [-0.3, -0.25) is 14.3 Å². The van der Waals surface area contributed by atoms with Gasteiger partial charge in [0.2, 0.25) is 0 Å². The average Bonchev–Trinajstić information content (AvgIpc) is 1.61. The standard InChI is InChI=1S/C17H12BrN2O8S.C13H10BrN4O3.C11H8BrN4O3.C11H9BrNO4.4CH4.4U/c18-10-4-5-13-15(6-10)26-8-14-16(28-17(21)19(13)14)9-27-29(24,25)12-3-1-2-11(7-12)20(22)23;14-8-1-2-9-11(5-8)20-7-10-12(21-13(19)18(9)10)6-17-4-3-15-16-17;12-6-1-2-7-9(3-6)18-5-8-10(4-14-15-13)19-11(17)16(7)8;12-6-1-2-7-9(3-6)16-5-8-10(4-14)17-11(15)13(7)8;;;;;;;;/h1-3,5-7,14,16H,8-9H2;2-5,10,12H,6-7H2;2-3,8,10H,4-5H2;2-3,8,10,14H,4-5H2;4*1H4;;;;/q4*-1;;;;;;;;/t14-,16-;10-,12-;2*8-,10-;;;;;;;;/m0000......../s1. The third-order valence-corrected chi connectivity index (χ3v) is 17.1. The number of non-ortho nitro benzene ring substituents is 1. The van der Waals surface area contributed by atoms with Crippen LogP contribution in [-0.2, 0) is 39.8 Å². The van der Waals surface area contributed by atoms with Crippen LogP contribution in [0.1, 0.15) is 29.7 Å². The SMILES string of the molecule is C.C.C.C.O=C1O[C@@H](CO)[C@@H]2COc3cc(Br)[c-]cc3N12.O=C1O[C@@H](COS(=O)(=O)c2cccc([N+](=O)[O-])c2)[C@@H]2COc3cc(Br)[c-]cc3N12.O=C1O[C@@H](Cn2ccnn2)[C@@H]2COc3cc(Br)[c-]cc3N12.[N-]=[N+]=NC[C@@H]1OC(=O)N2c3c[c-]c(Br)cc3OC[C@@H]12.[U].[U].[U].[U]. The maximum Gasteiger partial charge on any atom is 0.404 e. The number of aliphatic hydroxyl groups is 1.